The van der Waals surface area contributed by atoms with Gasteiger partial charge in [-0.3, -0.25) is 4.79 Å². The summed E-state index contributed by atoms with van der Waals surface area (Å²) in [7, 11) is 0. The van der Waals surface area contributed by atoms with E-state index in [1.165, 1.54) is 0 Å². The van der Waals surface area contributed by atoms with E-state index in [9.17, 15) is 4.79 Å². The molecule has 0 aromatic heterocycles. The Kier molecular flexibility index (Phi) is 7.64. The van der Waals surface area contributed by atoms with Crippen molar-refractivity contribution in [1.29, 1.82) is 0 Å². The van der Waals surface area contributed by atoms with Gasteiger partial charge in [-0.05, 0) is 29.7 Å². The molecule has 0 aliphatic carbocycles. The highest BCUT2D eigenvalue weighted by molar-refractivity contribution is 5.78. The van der Waals surface area contributed by atoms with Gasteiger partial charge >= 0.3 is 0 Å². The van der Waals surface area contributed by atoms with Crippen LogP contribution in [0, 0.1) is 11.3 Å². The number of rotatable bonds is 8. The van der Waals surface area contributed by atoms with E-state index in [1.807, 2.05) is 27.7 Å². The van der Waals surface area contributed by atoms with E-state index in [2.05, 4.69) is 10.0 Å². The topological polar surface area (TPSA) is 86.1 Å². The van der Waals surface area contributed by atoms with Crippen LogP contribution in [0.5, 0.6) is 0 Å². The minimum absolute atomic E-state index is 0.00344. The molecule has 0 radical (unpaired) electrons. The molecule has 5 nitrogen and oxygen atoms in total. The van der Waals surface area contributed by atoms with Crippen LogP contribution < -0.4 is 0 Å². The number of hydrogen-bond acceptors (Lipinski definition) is 3. The van der Waals surface area contributed by atoms with Gasteiger partial charge in [0.1, 0.15) is 5.78 Å². The predicted molar refractivity (Wildman–Crippen MR) is 72.1 cm³/mol. The molecule has 0 unspecified atom stereocenters. The number of nitrogens with zero attached hydrogens (tertiary/aromatic N) is 3. The van der Waals surface area contributed by atoms with Crippen LogP contribution in [0.15, 0.2) is 5.11 Å². The molecule has 0 aliphatic rings. The van der Waals surface area contributed by atoms with Crippen molar-refractivity contribution >= 4 is 5.78 Å². The van der Waals surface area contributed by atoms with Gasteiger partial charge in [0, 0.05) is 30.4 Å². The van der Waals surface area contributed by atoms with Gasteiger partial charge in [0.15, 0.2) is 0 Å². The molecule has 5 heteroatoms. The van der Waals surface area contributed by atoms with Crippen molar-refractivity contribution in [3.8, 4) is 0 Å². The summed E-state index contributed by atoms with van der Waals surface area (Å²) < 4.78 is 0. The summed E-state index contributed by atoms with van der Waals surface area (Å²) in [6, 6.07) is -0.193. The Bertz CT molecular complexity index is 304. The van der Waals surface area contributed by atoms with Crippen LogP contribution in [-0.4, -0.2) is 23.5 Å². The molecule has 2 atom stereocenters. The predicted octanol–water partition coefficient (Wildman–Crippen LogP) is 3.47. The van der Waals surface area contributed by atoms with E-state index in [-0.39, 0.29) is 29.8 Å². The summed E-state index contributed by atoms with van der Waals surface area (Å²) in [6.45, 7) is 8.07. The fourth-order valence-corrected chi connectivity index (χ4v) is 1.84. The number of carbonyl (C=O) groups excluding carboxylic acids is 1. The number of ketones is 1. The van der Waals surface area contributed by atoms with Crippen LogP contribution in [0.2, 0.25) is 0 Å². The summed E-state index contributed by atoms with van der Waals surface area (Å²) in [5.74, 6) is 0.301. The first-order chi connectivity index (χ1) is 8.28. The molecule has 0 amide bonds. The highest BCUT2D eigenvalue weighted by atomic mass is 16.3. The summed E-state index contributed by atoms with van der Waals surface area (Å²) in [5, 5.41) is 12.7. The largest absolute Gasteiger partial charge is 0.396 e. The number of carbonyl (C=O) groups is 1. The fraction of sp³-hybridized carbons (Fsp3) is 0.923. The molecule has 18 heavy (non-hydrogen) atoms. The van der Waals surface area contributed by atoms with E-state index in [4.69, 9.17) is 10.6 Å². The molecule has 104 valence electrons. The van der Waals surface area contributed by atoms with Gasteiger partial charge in [-0.25, -0.2) is 0 Å². The normalized spacial score (nSPS) is 14.7. The highest BCUT2D eigenvalue weighted by Gasteiger charge is 2.18. The zero-order valence-corrected chi connectivity index (χ0v) is 11.9. The van der Waals surface area contributed by atoms with Gasteiger partial charge in [0.25, 0.3) is 0 Å². The minimum atomic E-state index is -0.193. The van der Waals surface area contributed by atoms with Crippen molar-refractivity contribution < 1.29 is 9.90 Å². The van der Waals surface area contributed by atoms with Crippen molar-refractivity contribution in [2.75, 3.05) is 6.61 Å². The quantitative estimate of drug-likeness (QED) is 0.409. The maximum atomic E-state index is 11.7. The second kappa shape index (κ2) is 8.11. The van der Waals surface area contributed by atoms with Crippen LogP contribution in [0.3, 0.4) is 0 Å². The first-order valence-corrected chi connectivity index (χ1v) is 6.45. The molecular formula is C13H25N3O2. The second-order valence-electron chi connectivity index (χ2n) is 6.20. The lowest BCUT2D eigenvalue weighted by Crippen LogP contribution is -2.17. The van der Waals surface area contributed by atoms with Crippen LogP contribution in [0.4, 0.5) is 0 Å². The third-order valence-corrected chi connectivity index (χ3v) is 2.68. The fourth-order valence-electron chi connectivity index (χ4n) is 1.84. The SMILES string of the molecule is C[C@H](CO)C[C@@H](CCC(=O)CC(C)(C)C)N=[N+]=[N-]. The Balaban J connectivity index is 4.19. The van der Waals surface area contributed by atoms with E-state index in [1.54, 1.807) is 0 Å². The third-order valence-electron chi connectivity index (χ3n) is 2.68. The first-order valence-electron chi connectivity index (χ1n) is 6.45. The van der Waals surface area contributed by atoms with Gasteiger partial charge in [0.05, 0.1) is 0 Å². The van der Waals surface area contributed by atoms with E-state index >= 15 is 0 Å². The maximum Gasteiger partial charge on any atom is 0.133 e. The zero-order chi connectivity index (χ0) is 14.2. The monoisotopic (exact) mass is 255 g/mol. The van der Waals surface area contributed by atoms with Crippen LogP contribution in [0.1, 0.15) is 53.4 Å². The van der Waals surface area contributed by atoms with Gasteiger partial charge in [-0.2, -0.15) is 0 Å². The average Bonchev–Trinajstić information content (AvgIpc) is 2.23. The smallest absolute Gasteiger partial charge is 0.133 e. The number of Topliss-reactive ketones (excluding diaryl/α,β-unsaturated/α-hetero) is 1. The zero-order valence-electron chi connectivity index (χ0n) is 11.9. The number of hydrogen-bond donors (Lipinski definition) is 1. The molecule has 0 bridgehead atoms. The van der Waals surface area contributed by atoms with Gasteiger partial charge < -0.3 is 5.11 Å². The first kappa shape index (κ1) is 16.9. The molecule has 0 aromatic rings. The van der Waals surface area contributed by atoms with Crippen molar-refractivity contribution in [1.82, 2.24) is 0 Å². The number of aliphatic hydroxyl groups excluding tert-OH is 1. The maximum absolute atomic E-state index is 11.7. The molecule has 0 aliphatic heterocycles. The van der Waals surface area contributed by atoms with Crippen molar-refractivity contribution in [2.24, 2.45) is 16.4 Å². The Morgan fingerprint density at radius 1 is 1.44 bits per heavy atom. The molecule has 0 spiro atoms. The summed E-state index contributed by atoms with van der Waals surface area (Å²) in [6.07, 6.45) is 2.19. The van der Waals surface area contributed by atoms with E-state index < -0.39 is 0 Å². The van der Waals surface area contributed by atoms with Crippen LogP contribution in [-0.2, 0) is 4.79 Å². The lowest BCUT2D eigenvalue weighted by Gasteiger charge is -2.18. The average molecular weight is 255 g/mol. The Morgan fingerprint density at radius 2 is 2.06 bits per heavy atom. The summed E-state index contributed by atoms with van der Waals surface area (Å²) in [5.41, 5.74) is 8.49. The summed E-state index contributed by atoms with van der Waals surface area (Å²) in [4.78, 5) is 14.5. The van der Waals surface area contributed by atoms with Gasteiger partial charge in [0.2, 0.25) is 0 Å². The third kappa shape index (κ3) is 9.02. The van der Waals surface area contributed by atoms with Gasteiger partial charge in [-0.1, -0.05) is 32.8 Å². The standard InChI is InChI=1S/C13H25N3O2/c1-10(9-17)7-11(15-16-14)5-6-12(18)8-13(2,3)4/h10-11,17H,5-9H2,1-4H3/t10-,11+/m0/s1. The van der Waals surface area contributed by atoms with Crippen molar-refractivity contribution in [2.45, 2.75) is 59.4 Å². The lowest BCUT2D eigenvalue weighted by atomic mass is 9.88. The Morgan fingerprint density at radius 3 is 2.50 bits per heavy atom. The summed E-state index contributed by atoms with van der Waals surface area (Å²) >= 11 is 0. The molecule has 0 saturated heterocycles. The number of aliphatic hydroxyl groups is 1. The molecule has 0 saturated carbocycles. The molecule has 0 heterocycles. The van der Waals surface area contributed by atoms with Gasteiger partial charge in [-0.15, -0.1) is 0 Å². The Labute approximate surface area is 109 Å². The molecule has 1 N–H and O–H groups in total. The number of azide groups is 1. The Hall–Kier alpha value is -1.06. The lowest BCUT2D eigenvalue weighted by molar-refractivity contribution is -0.120. The van der Waals surface area contributed by atoms with Crippen LogP contribution >= 0.6 is 0 Å². The van der Waals surface area contributed by atoms with E-state index in [0.29, 0.717) is 25.7 Å². The molecule has 0 aromatic carbocycles. The molecule has 0 rings (SSSR count). The second-order valence-corrected chi connectivity index (χ2v) is 6.20. The van der Waals surface area contributed by atoms with E-state index in [0.717, 1.165) is 0 Å². The van der Waals surface area contributed by atoms with Crippen molar-refractivity contribution in [3.63, 3.8) is 0 Å². The minimum Gasteiger partial charge on any atom is -0.396 e. The van der Waals surface area contributed by atoms with Crippen LogP contribution in [0.25, 0.3) is 10.4 Å². The molecule has 0 fully saturated rings. The highest BCUT2D eigenvalue weighted by Crippen LogP contribution is 2.21. The molecular weight excluding hydrogens is 230 g/mol. The van der Waals surface area contributed by atoms with Crippen molar-refractivity contribution in [3.05, 3.63) is 10.4 Å².